The van der Waals surface area contributed by atoms with Gasteiger partial charge in [0.05, 0.1) is 12.0 Å². The van der Waals surface area contributed by atoms with Gasteiger partial charge >= 0.3 is 5.97 Å². The molecule has 0 aliphatic carbocycles. The van der Waals surface area contributed by atoms with Crippen LogP contribution in [-0.4, -0.2) is 39.9 Å². The Balaban J connectivity index is 2.16. The van der Waals surface area contributed by atoms with Crippen molar-refractivity contribution in [3.63, 3.8) is 0 Å². The number of hydrogen-bond donors (Lipinski definition) is 1. The molecule has 5 nitrogen and oxygen atoms in total. The Kier molecular flexibility index (Phi) is 5.73. The van der Waals surface area contributed by atoms with Gasteiger partial charge in [-0.15, -0.1) is 0 Å². The van der Waals surface area contributed by atoms with Gasteiger partial charge in [-0.3, -0.25) is 14.5 Å². The maximum atomic E-state index is 13.8. The van der Waals surface area contributed by atoms with Crippen molar-refractivity contribution in [1.29, 1.82) is 0 Å². The second-order valence-electron chi connectivity index (χ2n) is 4.72. The van der Waals surface area contributed by atoms with E-state index in [9.17, 15) is 14.0 Å². The van der Waals surface area contributed by atoms with Crippen LogP contribution in [0.2, 0.25) is 0 Å². The van der Waals surface area contributed by atoms with E-state index in [1.54, 1.807) is 0 Å². The molecule has 1 aliphatic rings. The van der Waals surface area contributed by atoms with Crippen molar-refractivity contribution in [3.8, 4) is 5.75 Å². The highest BCUT2D eigenvalue weighted by Gasteiger charge is 2.31. The van der Waals surface area contributed by atoms with Crippen LogP contribution in [-0.2, 0) is 9.59 Å². The normalized spacial score (nSPS) is 16.3. The second kappa shape index (κ2) is 7.56. The fourth-order valence-corrected chi connectivity index (χ4v) is 3.28. The lowest BCUT2D eigenvalue weighted by molar-refractivity contribution is -0.137. The van der Waals surface area contributed by atoms with E-state index in [2.05, 4.69) is 0 Å². The van der Waals surface area contributed by atoms with E-state index in [-0.39, 0.29) is 24.4 Å². The molecule has 1 fully saturated rings. The molecule has 122 valence electrons. The van der Waals surface area contributed by atoms with Crippen LogP contribution in [0.1, 0.15) is 18.4 Å². The quantitative estimate of drug-likeness (QED) is 0.625. The van der Waals surface area contributed by atoms with E-state index < -0.39 is 11.8 Å². The first-order chi connectivity index (χ1) is 10.9. The Morgan fingerprint density at radius 2 is 2.26 bits per heavy atom. The Bertz CT molecular complexity index is 690. The number of carbonyl (C=O) groups excluding carboxylic acids is 1. The largest absolute Gasteiger partial charge is 0.497 e. The zero-order valence-corrected chi connectivity index (χ0v) is 13.9. The first-order valence-corrected chi connectivity index (χ1v) is 7.95. The Morgan fingerprint density at radius 3 is 2.91 bits per heavy atom. The molecular weight excluding hydrogens is 341 g/mol. The van der Waals surface area contributed by atoms with Crippen molar-refractivity contribution in [2.45, 2.75) is 12.8 Å². The summed E-state index contributed by atoms with van der Waals surface area (Å²) in [5, 5.41) is 8.64. The standard InChI is InChI=1S/C15H14FNO4S2/c1-21-10-4-5-11(16)9(7-10)8-12-14(20)17(15(22)23-12)6-2-3-13(18)19/h4-5,7-8H,2-3,6H2,1H3,(H,18,19). The van der Waals surface area contributed by atoms with E-state index >= 15 is 0 Å². The second-order valence-corrected chi connectivity index (χ2v) is 6.39. The maximum Gasteiger partial charge on any atom is 0.303 e. The van der Waals surface area contributed by atoms with Crippen LogP contribution in [0.3, 0.4) is 0 Å². The van der Waals surface area contributed by atoms with Crippen LogP contribution in [0.15, 0.2) is 23.1 Å². The molecule has 1 aromatic carbocycles. The van der Waals surface area contributed by atoms with Crippen molar-refractivity contribution in [1.82, 2.24) is 4.90 Å². The van der Waals surface area contributed by atoms with E-state index in [1.807, 2.05) is 0 Å². The van der Waals surface area contributed by atoms with Gasteiger partial charge in [-0.1, -0.05) is 24.0 Å². The van der Waals surface area contributed by atoms with Crippen molar-refractivity contribution < 1.29 is 23.8 Å². The van der Waals surface area contributed by atoms with E-state index in [1.165, 1.54) is 36.3 Å². The summed E-state index contributed by atoms with van der Waals surface area (Å²) in [6.07, 6.45) is 1.69. The van der Waals surface area contributed by atoms with Gasteiger partial charge in [-0.05, 0) is 30.7 Å². The van der Waals surface area contributed by atoms with Gasteiger partial charge < -0.3 is 9.84 Å². The van der Waals surface area contributed by atoms with Gasteiger partial charge in [0.2, 0.25) is 0 Å². The highest BCUT2D eigenvalue weighted by molar-refractivity contribution is 8.26. The van der Waals surface area contributed by atoms with Gasteiger partial charge in [-0.2, -0.15) is 0 Å². The number of aliphatic carboxylic acids is 1. The number of nitrogens with zero attached hydrogens (tertiary/aromatic N) is 1. The number of carboxylic acids is 1. The summed E-state index contributed by atoms with van der Waals surface area (Å²) >= 11 is 6.20. The number of amides is 1. The highest BCUT2D eigenvalue weighted by atomic mass is 32.2. The number of thiocarbonyl (C=S) groups is 1. The number of carboxylic acid groups (broad SMARTS) is 1. The average molecular weight is 355 g/mol. The minimum atomic E-state index is -0.926. The van der Waals surface area contributed by atoms with E-state index in [0.29, 0.717) is 21.4 Å². The molecule has 0 bridgehead atoms. The van der Waals surface area contributed by atoms with E-state index in [4.69, 9.17) is 22.1 Å². The zero-order valence-electron chi connectivity index (χ0n) is 12.2. The Morgan fingerprint density at radius 1 is 1.52 bits per heavy atom. The minimum Gasteiger partial charge on any atom is -0.497 e. The Labute approximate surface area is 142 Å². The SMILES string of the molecule is COc1ccc(F)c(C=C2SC(=S)N(CCCC(=O)O)C2=O)c1. The van der Waals surface area contributed by atoms with Crippen LogP contribution >= 0.6 is 24.0 Å². The number of ether oxygens (including phenoxy) is 1. The van der Waals surface area contributed by atoms with E-state index in [0.717, 1.165) is 11.8 Å². The third-order valence-corrected chi connectivity index (χ3v) is 4.51. The fourth-order valence-electron chi connectivity index (χ4n) is 1.98. The summed E-state index contributed by atoms with van der Waals surface area (Å²) in [6.45, 7) is 0.231. The molecule has 1 N–H and O–H groups in total. The van der Waals surface area contributed by atoms with Crippen molar-refractivity contribution >= 4 is 46.3 Å². The fraction of sp³-hybridized carbons (Fsp3) is 0.267. The van der Waals surface area contributed by atoms with Gasteiger partial charge in [0.1, 0.15) is 15.9 Å². The molecule has 8 heteroatoms. The number of halogens is 1. The third-order valence-electron chi connectivity index (χ3n) is 3.14. The summed E-state index contributed by atoms with van der Waals surface area (Å²) in [6, 6.07) is 4.24. The van der Waals surface area contributed by atoms with Crippen LogP contribution in [0.4, 0.5) is 4.39 Å². The molecule has 0 radical (unpaired) electrons. The van der Waals surface area contributed by atoms with Gasteiger partial charge in [0.15, 0.2) is 0 Å². The summed E-state index contributed by atoms with van der Waals surface area (Å²) in [4.78, 5) is 24.5. The third kappa shape index (κ3) is 4.29. The molecule has 1 aliphatic heterocycles. The lowest BCUT2D eigenvalue weighted by Crippen LogP contribution is -2.29. The molecule has 0 atom stereocenters. The van der Waals surface area contributed by atoms with Crippen LogP contribution in [0.5, 0.6) is 5.75 Å². The molecule has 23 heavy (non-hydrogen) atoms. The summed E-state index contributed by atoms with van der Waals surface area (Å²) < 4.78 is 19.2. The number of benzene rings is 1. The van der Waals surface area contributed by atoms with Crippen molar-refractivity contribution in [3.05, 3.63) is 34.5 Å². The minimum absolute atomic E-state index is 0.0411. The molecule has 0 spiro atoms. The summed E-state index contributed by atoms with van der Waals surface area (Å²) in [7, 11) is 1.47. The molecule has 0 aromatic heterocycles. The molecule has 0 saturated carbocycles. The van der Waals surface area contributed by atoms with Crippen LogP contribution < -0.4 is 4.74 Å². The number of methoxy groups -OCH3 is 1. The monoisotopic (exact) mass is 355 g/mol. The first-order valence-electron chi connectivity index (χ1n) is 6.73. The average Bonchev–Trinajstić information content (AvgIpc) is 2.76. The van der Waals surface area contributed by atoms with Gasteiger partial charge in [0, 0.05) is 18.5 Å². The van der Waals surface area contributed by atoms with Gasteiger partial charge in [-0.25, -0.2) is 4.39 Å². The number of hydrogen-bond acceptors (Lipinski definition) is 5. The number of rotatable bonds is 6. The van der Waals surface area contributed by atoms with Crippen LogP contribution in [0.25, 0.3) is 6.08 Å². The zero-order chi connectivity index (χ0) is 17.0. The van der Waals surface area contributed by atoms with Crippen molar-refractivity contribution in [2.24, 2.45) is 0 Å². The maximum absolute atomic E-state index is 13.8. The predicted octanol–water partition coefficient (Wildman–Crippen LogP) is 2.90. The van der Waals surface area contributed by atoms with Gasteiger partial charge in [0.25, 0.3) is 5.91 Å². The smallest absolute Gasteiger partial charge is 0.303 e. The molecule has 1 aromatic rings. The van der Waals surface area contributed by atoms with Crippen LogP contribution in [0, 0.1) is 5.82 Å². The highest BCUT2D eigenvalue weighted by Crippen LogP contribution is 2.33. The molecule has 2 rings (SSSR count). The molecule has 1 saturated heterocycles. The number of carbonyl (C=O) groups is 2. The molecule has 0 unspecified atom stereocenters. The topological polar surface area (TPSA) is 66.8 Å². The first kappa shape index (κ1) is 17.4. The lowest BCUT2D eigenvalue weighted by atomic mass is 10.2. The summed E-state index contributed by atoms with van der Waals surface area (Å²) in [5.41, 5.74) is 0.232. The molecular formula is C15H14FNO4S2. The molecule has 1 heterocycles. The lowest BCUT2D eigenvalue weighted by Gasteiger charge is -2.13. The molecule has 1 amide bonds. The predicted molar refractivity (Wildman–Crippen MR) is 89.7 cm³/mol. The Hall–Kier alpha value is -1.93. The van der Waals surface area contributed by atoms with Crippen molar-refractivity contribution in [2.75, 3.05) is 13.7 Å². The summed E-state index contributed by atoms with van der Waals surface area (Å²) in [5.74, 6) is -1.26. The number of thioether (sulfide) groups is 1.